The molecule has 0 aromatic heterocycles. The number of nitrogens with two attached hydrogens (primary N) is 1. The van der Waals surface area contributed by atoms with E-state index in [-0.39, 0.29) is 5.54 Å². The third-order valence-corrected chi connectivity index (χ3v) is 3.47. The van der Waals surface area contributed by atoms with Gasteiger partial charge in [-0.05, 0) is 24.3 Å². The van der Waals surface area contributed by atoms with Crippen LogP contribution in [0.15, 0.2) is 30.3 Å². The van der Waals surface area contributed by atoms with Crippen LogP contribution in [0.2, 0.25) is 0 Å². The van der Waals surface area contributed by atoms with E-state index < -0.39 is 0 Å². The molecule has 0 amide bonds. The number of hydrogen-bond acceptors (Lipinski definition) is 1. The highest BCUT2D eigenvalue weighted by molar-refractivity contribution is 5.23. The number of rotatable bonds is 6. The van der Waals surface area contributed by atoms with Gasteiger partial charge in [-0.15, -0.1) is 0 Å². The number of hydrogen-bond donors (Lipinski definition) is 1. The summed E-state index contributed by atoms with van der Waals surface area (Å²) in [5.41, 5.74) is 7.68. The first-order valence-electron chi connectivity index (χ1n) is 6.46. The lowest BCUT2D eigenvalue weighted by molar-refractivity contribution is 0.312. The van der Waals surface area contributed by atoms with E-state index in [4.69, 9.17) is 5.73 Å². The molecule has 2 unspecified atom stereocenters. The van der Waals surface area contributed by atoms with Crippen LogP contribution >= 0.6 is 0 Å². The molecule has 1 aromatic carbocycles. The molecule has 0 fully saturated rings. The quantitative estimate of drug-likeness (QED) is 0.766. The van der Waals surface area contributed by atoms with E-state index in [0.717, 1.165) is 12.8 Å². The Balaban J connectivity index is 2.78. The predicted octanol–water partition coefficient (Wildman–Crippen LogP) is 4.08. The van der Waals surface area contributed by atoms with E-state index in [9.17, 15) is 0 Å². The summed E-state index contributed by atoms with van der Waals surface area (Å²) in [6.07, 6.45) is 4.61. The van der Waals surface area contributed by atoms with Crippen molar-refractivity contribution in [1.29, 1.82) is 0 Å². The molecule has 0 aliphatic rings. The minimum Gasteiger partial charge on any atom is -0.321 e. The molecule has 0 aliphatic carbocycles. The Bertz CT molecular complexity index is 294. The lowest BCUT2D eigenvalue weighted by Gasteiger charge is -2.31. The van der Waals surface area contributed by atoms with Gasteiger partial charge in [0.25, 0.3) is 0 Å². The van der Waals surface area contributed by atoms with E-state index in [1.807, 2.05) is 0 Å². The largest absolute Gasteiger partial charge is 0.321 e. The maximum absolute atomic E-state index is 6.55. The third kappa shape index (κ3) is 3.34. The molecule has 1 aromatic rings. The molecule has 90 valence electrons. The maximum Gasteiger partial charge on any atom is 0.0409 e. The SMILES string of the molecule is CCCC(C)CC(N)(CC)c1ccccc1. The molecule has 0 radical (unpaired) electrons. The molecule has 2 atom stereocenters. The minimum absolute atomic E-state index is 0.143. The van der Waals surface area contributed by atoms with Crippen molar-refractivity contribution in [2.45, 2.75) is 52.0 Å². The van der Waals surface area contributed by atoms with Gasteiger partial charge in [0.05, 0.1) is 0 Å². The van der Waals surface area contributed by atoms with E-state index >= 15 is 0 Å². The highest BCUT2D eigenvalue weighted by atomic mass is 14.7. The van der Waals surface area contributed by atoms with Crippen LogP contribution in [-0.2, 0) is 5.54 Å². The predicted molar refractivity (Wildman–Crippen MR) is 71.3 cm³/mol. The summed E-state index contributed by atoms with van der Waals surface area (Å²) in [5.74, 6) is 0.704. The summed E-state index contributed by atoms with van der Waals surface area (Å²) < 4.78 is 0. The summed E-state index contributed by atoms with van der Waals surface area (Å²) >= 11 is 0. The van der Waals surface area contributed by atoms with Gasteiger partial charge in [-0.1, -0.05) is 63.9 Å². The van der Waals surface area contributed by atoms with Crippen LogP contribution < -0.4 is 5.73 Å². The first-order valence-corrected chi connectivity index (χ1v) is 6.46. The molecule has 16 heavy (non-hydrogen) atoms. The Morgan fingerprint density at radius 1 is 1.19 bits per heavy atom. The summed E-state index contributed by atoms with van der Waals surface area (Å²) in [6.45, 7) is 6.73. The van der Waals surface area contributed by atoms with Crippen LogP contribution in [-0.4, -0.2) is 0 Å². The van der Waals surface area contributed by atoms with Crippen molar-refractivity contribution in [2.75, 3.05) is 0 Å². The van der Waals surface area contributed by atoms with Gasteiger partial charge in [-0.2, -0.15) is 0 Å². The van der Waals surface area contributed by atoms with Gasteiger partial charge in [0, 0.05) is 5.54 Å². The molecule has 1 heteroatoms. The molecule has 0 saturated heterocycles. The van der Waals surface area contributed by atoms with Gasteiger partial charge in [0.1, 0.15) is 0 Å². The Kier molecular flexibility index (Phi) is 5.01. The van der Waals surface area contributed by atoms with E-state index in [1.165, 1.54) is 18.4 Å². The Morgan fingerprint density at radius 2 is 1.81 bits per heavy atom. The Labute approximate surface area is 100 Å². The molecule has 0 saturated carbocycles. The topological polar surface area (TPSA) is 26.0 Å². The van der Waals surface area contributed by atoms with E-state index in [1.54, 1.807) is 0 Å². The molecule has 1 rings (SSSR count). The first-order chi connectivity index (χ1) is 7.62. The lowest BCUT2D eigenvalue weighted by atomic mass is 9.80. The fraction of sp³-hybridized carbons (Fsp3) is 0.600. The summed E-state index contributed by atoms with van der Waals surface area (Å²) in [4.78, 5) is 0. The normalized spacial score (nSPS) is 16.8. The molecule has 0 bridgehead atoms. The standard InChI is InChI=1S/C15H25N/c1-4-9-13(3)12-15(16,5-2)14-10-7-6-8-11-14/h6-8,10-11,13H,4-5,9,12,16H2,1-3H3. The number of benzene rings is 1. The van der Waals surface area contributed by atoms with Crippen molar-refractivity contribution in [3.05, 3.63) is 35.9 Å². The molecular formula is C15H25N. The molecule has 1 nitrogen and oxygen atoms in total. The zero-order valence-electron chi connectivity index (χ0n) is 10.9. The fourth-order valence-electron chi connectivity index (χ4n) is 2.45. The van der Waals surface area contributed by atoms with Gasteiger partial charge < -0.3 is 5.73 Å². The monoisotopic (exact) mass is 219 g/mol. The van der Waals surface area contributed by atoms with Gasteiger partial charge >= 0.3 is 0 Å². The zero-order valence-corrected chi connectivity index (χ0v) is 10.9. The Hall–Kier alpha value is -0.820. The fourth-order valence-corrected chi connectivity index (χ4v) is 2.45. The minimum atomic E-state index is -0.143. The van der Waals surface area contributed by atoms with Crippen LogP contribution in [0.25, 0.3) is 0 Å². The van der Waals surface area contributed by atoms with Crippen LogP contribution in [0, 0.1) is 5.92 Å². The summed E-state index contributed by atoms with van der Waals surface area (Å²) in [7, 11) is 0. The summed E-state index contributed by atoms with van der Waals surface area (Å²) in [6, 6.07) is 10.5. The second-order valence-electron chi connectivity index (χ2n) is 4.97. The zero-order chi connectivity index (χ0) is 12.0. The first kappa shape index (κ1) is 13.2. The van der Waals surface area contributed by atoms with Crippen LogP contribution in [0.4, 0.5) is 0 Å². The van der Waals surface area contributed by atoms with Gasteiger partial charge in [-0.3, -0.25) is 0 Å². The van der Waals surface area contributed by atoms with Crippen molar-refractivity contribution in [2.24, 2.45) is 11.7 Å². The molecule has 0 heterocycles. The Morgan fingerprint density at radius 3 is 2.31 bits per heavy atom. The lowest BCUT2D eigenvalue weighted by Crippen LogP contribution is -2.37. The second-order valence-corrected chi connectivity index (χ2v) is 4.97. The van der Waals surface area contributed by atoms with E-state index in [0.29, 0.717) is 5.92 Å². The third-order valence-electron chi connectivity index (χ3n) is 3.47. The van der Waals surface area contributed by atoms with E-state index in [2.05, 4.69) is 51.1 Å². The molecule has 0 aliphatic heterocycles. The maximum atomic E-state index is 6.55. The average molecular weight is 219 g/mol. The van der Waals surface area contributed by atoms with Crippen LogP contribution in [0.5, 0.6) is 0 Å². The van der Waals surface area contributed by atoms with Crippen LogP contribution in [0.1, 0.15) is 52.0 Å². The second kappa shape index (κ2) is 6.05. The van der Waals surface area contributed by atoms with Crippen molar-refractivity contribution >= 4 is 0 Å². The van der Waals surface area contributed by atoms with Crippen molar-refractivity contribution in [1.82, 2.24) is 0 Å². The van der Waals surface area contributed by atoms with Gasteiger partial charge in [-0.25, -0.2) is 0 Å². The van der Waals surface area contributed by atoms with Gasteiger partial charge in [0.2, 0.25) is 0 Å². The van der Waals surface area contributed by atoms with Crippen molar-refractivity contribution < 1.29 is 0 Å². The highest BCUT2D eigenvalue weighted by Crippen LogP contribution is 2.30. The highest BCUT2D eigenvalue weighted by Gasteiger charge is 2.26. The average Bonchev–Trinajstić information content (AvgIpc) is 2.30. The van der Waals surface area contributed by atoms with Crippen molar-refractivity contribution in [3.63, 3.8) is 0 Å². The van der Waals surface area contributed by atoms with Crippen LogP contribution in [0.3, 0.4) is 0 Å². The summed E-state index contributed by atoms with van der Waals surface area (Å²) in [5, 5.41) is 0. The molecular weight excluding hydrogens is 194 g/mol. The molecule has 2 N–H and O–H groups in total. The smallest absolute Gasteiger partial charge is 0.0409 e. The molecule has 0 spiro atoms. The van der Waals surface area contributed by atoms with Gasteiger partial charge in [0.15, 0.2) is 0 Å². The van der Waals surface area contributed by atoms with Crippen molar-refractivity contribution in [3.8, 4) is 0 Å².